The van der Waals surface area contributed by atoms with Gasteiger partial charge in [0, 0.05) is 5.69 Å². The lowest BCUT2D eigenvalue weighted by atomic mass is 10.2. The number of carbonyl (C=O) groups is 1. The van der Waals surface area contributed by atoms with Gasteiger partial charge in [0.15, 0.2) is 5.11 Å². The van der Waals surface area contributed by atoms with Crippen LogP contribution in [0, 0.1) is 6.92 Å². The normalized spacial score (nSPS) is 17.8. The molecule has 0 spiro atoms. The predicted molar refractivity (Wildman–Crippen MR) is 60.8 cm³/mol. The van der Waals surface area contributed by atoms with E-state index in [9.17, 15) is 4.79 Å². The smallest absolute Gasteiger partial charge is 0.273 e. The van der Waals surface area contributed by atoms with Crippen molar-refractivity contribution >= 4 is 29.3 Å². The van der Waals surface area contributed by atoms with E-state index < -0.39 is 0 Å². The summed E-state index contributed by atoms with van der Waals surface area (Å²) < 4.78 is 0. The molecule has 0 atom stereocenters. The molecule has 1 aromatic heterocycles. The molecule has 5 heteroatoms. The molecule has 1 saturated heterocycles. The zero-order valence-corrected chi connectivity index (χ0v) is 8.89. The van der Waals surface area contributed by atoms with E-state index >= 15 is 0 Å². The molecule has 1 aliphatic heterocycles. The topological polar surface area (TPSA) is 54.0 Å². The van der Waals surface area contributed by atoms with Crippen LogP contribution in [0.15, 0.2) is 23.9 Å². The zero-order valence-electron chi connectivity index (χ0n) is 8.07. The van der Waals surface area contributed by atoms with Gasteiger partial charge in [0.05, 0.1) is 5.69 Å². The molecule has 76 valence electrons. The van der Waals surface area contributed by atoms with E-state index in [0.29, 0.717) is 10.8 Å². The fraction of sp³-hybridized carbons (Fsp3) is 0.100. The van der Waals surface area contributed by atoms with Gasteiger partial charge in [0.25, 0.3) is 5.91 Å². The molecule has 1 aromatic rings. The molecule has 0 bridgehead atoms. The van der Waals surface area contributed by atoms with Crippen LogP contribution < -0.4 is 10.6 Å². The highest BCUT2D eigenvalue weighted by Gasteiger charge is 2.19. The van der Waals surface area contributed by atoms with Gasteiger partial charge >= 0.3 is 0 Å². The molecule has 0 saturated carbocycles. The first-order valence-electron chi connectivity index (χ1n) is 4.43. The number of nitrogens with zero attached hydrogens (tertiary/aromatic N) is 1. The van der Waals surface area contributed by atoms with E-state index in [1.807, 2.05) is 25.1 Å². The van der Waals surface area contributed by atoms with Crippen LogP contribution in [-0.2, 0) is 4.79 Å². The van der Waals surface area contributed by atoms with Gasteiger partial charge in [0.2, 0.25) is 0 Å². The monoisotopic (exact) mass is 219 g/mol. The second-order valence-corrected chi connectivity index (χ2v) is 3.58. The van der Waals surface area contributed by atoms with Gasteiger partial charge < -0.3 is 5.32 Å². The third-order valence-corrected chi connectivity index (χ3v) is 2.13. The number of pyridine rings is 1. The van der Waals surface area contributed by atoms with Crippen LogP contribution >= 0.6 is 12.2 Å². The van der Waals surface area contributed by atoms with Crippen LogP contribution in [0.25, 0.3) is 6.08 Å². The third-order valence-electron chi connectivity index (χ3n) is 1.92. The van der Waals surface area contributed by atoms with Gasteiger partial charge in [-0.05, 0) is 37.4 Å². The van der Waals surface area contributed by atoms with Gasteiger partial charge in [-0.15, -0.1) is 0 Å². The number of hydrogen-bond acceptors (Lipinski definition) is 3. The first-order valence-corrected chi connectivity index (χ1v) is 4.84. The van der Waals surface area contributed by atoms with Crippen molar-refractivity contribution in [2.24, 2.45) is 0 Å². The number of hydrogen-bond donors (Lipinski definition) is 2. The van der Waals surface area contributed by atoms with Crippen LogP contribution in [0.2, 0.25) is 0 Å². The highest BCUT2D eigenvalue weighted by Crippen LogP contribution is 2.06. The van der Waals surface area contributed by atoms with Crippen molar-refractivity contribution < 1.29 is 4.79 Å². The molecule has 4 nitrogen and oxygen atoms in total. The molecule has 0 aromatic carbocycles. The number of thiocarbonyl (C=S) groups is 1. The van der Waals surface area contributed by atoms with Gasteiger partial charge in [-0.1, -0.05) is 6.07 Å². The molecule has 1 fully saturated rings. The van der Waals surface area contributed by atoms with Gasteiger partial charge in [-0.2, -0.15) is 0 Å². The lowest BCUT2D eigenvalue weighted by Gasteiger charge is -1.96. The minimum Gasteiger partial charge on any atom is -0.328 e. The molecule has 0 aliphatic carbocycles. The number of aryl methyl sites for hydroxylation is 1. The van der Waals surface area contributed by atoms with Crippen molar-refractivity contribution in [2.75, 3.05) is 0 Å². The summed E-state index contributed by atoms with van der Waals surface area (Å²) in [5, 5.41) is 5.58. The summed E-state index contributed by atoms with van der Waals surface area (Å²) in [5.41, 5.74) is 2.07. The Morgan fingerprint density at radius 1 is 1.40 bits per heavy atom. The summed E-state index contributed by atoms with van der Waals surface area (Å²) in [5.74, 6) is -0.219. The zero-order chi connectivity index (χ0) is 10.8. The highest BCUT2D eigenvalue weighted by atomic mass is 32.1. The molecule has 2 heterocycles. The average molecular weight is 219 g/mol. The van der Waals surface area contributed by atoms with Crippen molar-refractivity contribution in [1.82, 2.24) is 15.6 Å². The van der Waals surface area contributed by atoms with Gasteiger partial charge in [0.1, 0.15) is 5.70 Å². The lowest BCUT2D eigenvalue weighted by Crippen LogP contribution is -2.21. The molecular weight excluding hydrogens is 210 g/mol. The summed E-state index contributed by atoms with van der Waals surface area (Å²) in [7, 11) is 0. The molecule has 2 N–H and O–H groups in total. The van der Waals surface area contributed by atoms with E-state index in [-0.39, 0.29) is 5.91 Å². The largest absolute Gasteiger partial charge is 0.328 e. The Hall–Kier alpha value is -1.75. The summed E-state index contributed by atoms with van der Waals surface area (Å²) in [6.45, 7) is 1.90. The van der Waals surface area contributed by atoms with Crippen molar-refractivity contribution in [3.8, 4) is 0 Å². The van der Waals surface area contributed by atoms with E-state index in [2.05, 4.69) is 15.6 Å². The summed E-state index contributed by atoms with van der Waals surface area (Å²) in [4.78, 5) is 15.6. The maximum Gasteiger partial charge on any atom is 0.273 e. The number of carbonyl (C=O) groups excluding carboxylic acids is 1. The Balaban J connectivity index is 2.31. The molecule has 15 heavy (non-hydrogen) atoms. The Morgan fingerprint density at radius 3 is 2.80 bits per heavy atom. The Morgan fingerprint density at radius 2 is 2.20 bits per heavy atom. The third kappa shape index (κ3) is 2.19. The first kappa shape index (κ1) is 9.79. The molecule has 0 unspecified atom stereocenters. The van der Waals surface area contributed by atoms with Gasteiger partial charge in [-0.3, -0.25) is 15.1 Å². The van der Waals surface area contributed by atoms with Crippen LogP contribution in [0.4, 0.5) is 0 Å². The van der Waals surface area contributed by atoms with E-state index in [0.717, 1.165) is 11.4 Å². The van der Waals surface area contributed by atoms with Crippen molar-refractivity contribution in [2.45, 2.75) is 6.92 Å². The second-order valence-electron chi connectivity index (χ2n) is 3.17. The Labute approximate surface area is 92.4 Å². The minimum absolute atomic E-state index is 0.219. The van der Waals surface area contributed by atoms with E-state index in [4.69, 9.17) is 12.2 Å². The number of nitrogens with one attached hydrogen (secondary N) is 2. The predicted octanol–water partition coefficient (Wildman–Crippen LogP) is 0.735. The number of rotatable bonds is 1. The van der Waals surface area contributed by atoms with Crippen molar-refractivity contribution in [3.05, 3.63) is 35.3 Å². The molecule has 1 aliphatic rings. The van der Waals surface area contributed by atoms with Crippen LogP contribution in [0.5, 0.6) is 0 Å². The highest BCUT2D eigenvalue weighted by molar-refractivity contribution is 7.80. The second kappa shape index (κ2) is 3.78. The van der Waals surface area contributed by atoms with Crippen LogP contribution in [0.3, 0.4) is 0 Å². The average Bonchev–Trinajstić information content (AvgIpc) is 2.45. The molecule has 2 rings (SSSR count). The molecule has 0 radical (unpaired) electrons. The summed E-state index contributed by atoms with van der Waals surface area (Å²) in [6, 6.07) is 5.62. The minimum atomic E-state index is -0.219. The fourth-order valence-electron chi connectivity index (χ4n) is 1.27. The maximum atomic E-state index is 11.3. The van der Waals surface area contributed by atoms with E-state index in [1.54, 1.807) is 6.08 Å². The summed E-state index contributed by atoms with van der Waals surface area (Å²) in [6.07, 6.45) is 1.67. The number of aromatic nitrogens is 1. The van der Waals surface area contributed by atoms with Crippen LogP contribution in [-0.4, -0.2) is 16.0 Å². The van der Waals surface area contributed by atoms with Gasteiger partial charge in [-0.25, -0.2) is 0 Å². The fourth-order valence-corrected chi connectivity index (χ4v) is 1.48. The maximum absolute atomic E-state index is 11.3. The lowest BCUT2D eigenvalue weighted by molar-refractivity contribution is -0.115. The standard InChI is InChI=1S/C10H9N3OS/c1-6-3-2-4-7(11-6)5-8-9(14)13-10(15)12-8/h2-5H,1H3,(H2,12,13,14,15). The van der Waals surface area contributed by atoms with Crippen LogP contribution in [0.1, 0.15) is 11.4 Å². The Bertz CT molecular complexity index is 467. The molecular formula is C10H9N3OS. The Kier molecular flexibility index (Phi) is 2.47. The van der Waals surface area contributed by atoms with Crippen molar-refractivity contribution in [1.29, 1.82) is 0 Å². The molecule has 1 amide bonds. The van der Waals surface area contributed by atoms with E-state index in [1.165, 1.54) is 0 Å². The summed E-state index contributed by atoms with van der Waals surface area (Å²) >= 11 is 4.81. The van der Waals surface area contributed by atoms with Crippen molar-refractivity contribution in [3.63, 3.8) is 0 Å². The quantitative estimate of drug-likeness (QED) is 0.540. The SMILES string of the molecule is Cc1cccc(C=C2NC(=S)NC2=O)n1. The first-order chi connectivity index (χ1) is 7.15. The number of amides is 1.